The van der Waals surface area contributed by atoms with Gasteiger partial charge in [0.1, 0.15) is 5.82 Å². The van der Waals surface area contributed by atoms with Crippen LogP contribution in [-0.2, 0) is 11.3 Å². The zero-order chi connectivity index (χ0) is 11.9. The van der Waals surface area contributed by atoms with Crippen molar-refractivity contribution in [2.45, 2.75) is 6.54 Å². The van der Waals surface area contributed by atoms with Crippen LogP contribution in [0.3, 0.4) is 0 Å². The van der Waals surface area contributed by atoms with Crippen molar-refractivity contribution in [2.75, 3.05) is 44.7 Å². The van der Waals surface area contributed by atoms with Crippen molar-refractivity contribution in [2.24, 2.45) is 5.73 Å². The normalized spacial score (nSPS) is 17.0. The molecule has 2 rings (SSSR count). The summed E-state index contributed by atoms with van der Waals surface area (Å²) in [6.07, 6.45) is 1.79. The van der Waals surface area contributed by atoms with Gasteiger partial charge in [-0.1, -0.05) is 6.07 Å². The lowest BCUT2D eigenvalue weighted by atomic mass is 10.2. The summed E-state index contributed by atoms with van der Waals surface area (Å²) < 4.78 is 5.31. The third-order valence-corrected chi connectivity index (χ3v) is 2.94. The van der Waals surface area contributed by atoms with E-state index in [0.29, 0.717) is 6.54 Å². The number of ether oxygens (including phenoxy) is 1. The van der Waals surface area contributed by atoms with Crippen molar-refractivity contribution < 1.29 is 4.74 Å². The van der Waals surface area contributed by atoms with E-state index in [2.05, 4.69) is 15.2 Å². The largest absolute Gasteiger partial charge is 0.379 e. The second-order valence-corrected chi connectivity index (χ2v) is 4.10. The summed E-state index contributed by atoms with van der Waals surface area (Å²) in [4.78, 5) is 6.69. The van der Waals surface area contributed by atoms with Gasteiger partial charge in [-0.25, -0.2) is 4.98 Å². The Kier molecular flexibility index (Phi) is 4.73. The monoisotopic (exact) mass is 236 g/mol. The minimum absolute atomic E-state index is 0.522. The van der Waals surface area contributed by atoms with E-state index in [0.717, 1.165) is 50.8 Å². The predicted molar refractivity (Wildman–Crippen MR) is 67.9 cm³/mol. The van der Waals surface area contributed by atoms with E-state index in [9.17, 15) is 0 Å². The molecule has 2 heterocycles. The Labute approximate surface area is 102 Å². The molecule has 0 amide bonds. The molecule has 1 aromatic rings. The van der Waals surface area contributed by atoms with Gasteiger partial charge in [0.05, 0.1) is 13.2 Å². The van der Waals surface area contributed by atoms with Crippen molar-refractivity contribution >= 4 is 5.82 Å². The number of hydrogen-bond acceptors (Lipinski definition) is 5. The Balaban J connectivity index is 1.77. The lowest BCUT2D eigenvalue weighted by molar-refractivity contribution is 0.0398. The minimum Gasteiger partial charge on any atom is -0.379 e. The first kappa shape index (κ1) is 12.3. The number of hydrogen-bond donors (Lipinski definition) is 2. The average Bonchev–Trinajstić information content (AvgIpc) is 2.40. The first-order valence-corrected chi connectivity index (χ1v) is 6.08. The lowest BCUT2D eigenvalue weighted by Gasteiger charge is -2.26. The number of anilines is 1. The van der Waals surface area contributed by atoms with Crippen LogP contribution in [0.5, 0.6) is 0 Å². The number of aromatic nitrogens is 1. The van der Waals surface area contributed by atoms with Crippen molar-refractivity contribution in [3.8, 4) is 0 Å². The summed E-state index contributed by atoms with van der Waals surface area (Å²) in [5.74, 6) is 0.906. The molecule has 0 aliphatic carbocycles. The Morgan fingerprint density at radius 3 is 3.00 bits per heavy atom. The Bertz CT molecular complexity index is 339. The van der Waals surface area contributed by atoms with Gasteiger partial charge in [0.15, 0.2) is 0 Å². The molecular weight excluding hydrogens is 216 g/mol. The molecule has 0 saturated carbocycles. The second-order valence-electron chi connectivity index (χ2n) is 4.10. The molecule has 94 valence electrons. The molecule has 0 aromatic carbocycles. The molecule has 0 spiro atoms. The third kappa shape index (κ3) is 3.66. The lowest BCUT2D eigenvalue weighted by Crippen LogP contribution is -2.39. The fraction of sp³-hybridized carbons (Fsp3) is 0.583. The maximum atomic E-state index is 5.66. The molecule has 5 heteroatoms. The highest BCUT2D eigenvalue weighted by molar-refractivity contribution is 5.43. The summed E-state index contributed by atoms with van der Waals surface area (Å²) in [5, 5.41) is 3.34. The highest BCUT2D eigenvalue weighted by Crippen LogP contribution is 2.09. The Morgan fingerprint density at radius 1 is 1.41 bits per heavy atom. The van der Waals surface area contributed by atoms with E-state index < -0.39 is 0 Å². The zero-order valence-corrected chi connectivity index (χ0v) is 10.1. The van der Waals surface area contributed by atoms with Crippen LogP contribution in [0.25, 0.3) is 0 Å². The van der Waals surface area contributed by atoms with E-state index in [1.54, 1.807) is 6.20 Å². The third-order valence-electron chi connectivity index (χ3n) is 2.94. The minimum atomic E-state index is 0.522. The molecule has 0 atom stereocenters. The van der Waals surface area contributed by atoms with Crippen LogP contribution in [0, 0.1) is 0 Å². The molecule has 0 bridgehead atoms. The van der Waals surface area contributed by atoms with Gasteiger partial charge in [-0.3, -0.25) is 4.90 Å². The highest BCUT2D eigenvalue weighted by Gasteiger charge is 2.09. The van der Waals surface area contributed by atoms with Gasteiger partial charge >= 0.3 is 0 Å². The van der Waals surface area contributed by atoms with Crippen LogP contribution in [0.2, 0.25) is 0 Å². The van der Waals surface area contributed by atoms with Crippen LogP contribution < -0.4 is 11.1 Å². The molecule has 17 heavy (non-hydrogen) atoms. The maximum absolute atomic E-state index is 5.66. The molecule has 0 radical (unpaired) electrons. The summed E-state index contributed by atoms with van der Waals surface area (Å²) in [5.41, 5.74) is 6.72. The standard InChI is InChI=1S/C12H20N4O/c13-10-11-2-1-3-14-12(11)15-4-5-16-6-8-17-9-7-16/h1-3H,4-10,13H2,(H,14,15). The molecule has 1 saturated heterocycles. The number of morpholine rings is 1. The molecule has 0 unspecified atom stereocenters. The van der Waals surface area contributed by atoms with Crippen LogP contribution in [-0.4, -0.2) is 49.3 Å². The molecule has 1 aliphatic rings. The molecule has 1 fully saturated rings. The van der Waals surface area contributed by atoms with Gasteiger partial charge in [-0.2, -0.15) is 0 Å². The fourth-order valence-corrected chi connectivity index (χ4v) is 1.92. The summed E-state index contributed by atoms with van der Waals surface area (Å²) in [6, 6.07) is 3.92. The fourth-order valence-electron chi connectivity index (χ4n) is 1.92. The summed E-state index contributed by atoms with van der Waals surface area (Å²) in [6.45, 7) is 6.16. The number of nitrogens with zero attached hydrogens (tertiary/aromatic N) is 2. The Hall–Kier alpha value is -1.17. The molecular formula is C12H20N4O. The number of nitrogens with one attached hydrogen (secondary N) is 1. The maximum Gasteiger partial charge on any atom is 0.130 e. The van der Waals surface area contributed by atoms with Crippen molar-refractivity contribution in [3.63, 3.8) is 0 Å². The SMILES string of the molecule is NCc1cccnc1NCCN1CCOCC1. The van der Waals surface area contributed by atoms with Crippen molar-refractivity contribution in [1.82, 2.24) is 9.88 Å². The zero-order valence-electron chi connectivity index (χ0n) is 10.1. The van der Waals surface area contributed by atoms with Crippen molar-refractivity contribution in [3.05, 3.63) is 23.9 Å². The van der Waals surface area contributed by atoms with Crippen molar-refractivity contribution in [1.29, 1.82) is 0 Å². The van der Waals surface area contributed by atoms with Gasteiger partial charge in [-0.15, -0.1) is 0 Å². The van der Waals surface area contributed by atoms with Gasteiger partial charge in [0.25, 0.3) is 0 Å². The smallest absolute Gasteiger partial charge is 0.130 e. The van der Waals surface area contributed by atoms with Crippen LogP contribution in [0.1, 0.15) is 5.56 Å². The molecule has 1 aromatic heterocycles. The van der Waals surface area contributed by atoms with Crippen LogP contribution in [0.15, 0.2) is 18.3 Å². The van der Waals surface area contributed by atoms with Crippen LogP contribution in [0.4, 0.5) is 5.82 Å². The molecule has 5 nitrogen and oxygen atoms in total. The number of nitrogens with two attached hydrogens (primary N) is 1. The van der Waals surface area contributed by atoms with E-state index in [4.69, 9.17) is 10.5 Å². The topological polar surface area (TPSA) is 63.4 Å². The number of rotatable bonds is 5. The van der Waals surface area contributed by atoms with Crippen LogP contribution >= 0.6 is 0 Å². The number of pyridine rings is 1. The molecule has 3 N–H and O–H groups in total. The summed E-state index contributed by atoms with van der Waals surface area (Å²) >= 11 is 0. The highest BCUT2D eigenvalue weighted by atomic mass is 16.5. The Morgan fingerprint density at radius 2 is 2.24 bits per heavy atom. The van der Waals surface area contributed by atoms with E-state index >= 15 is 0 Å². The van der Waals surface area contributed by atoms with Gasteiger partial charge in [0, 0.05) is 44.5 Å². The first-order valence-electron chi connectivity index (χ1n) is 6.08. The summed E-state index contributed by atoms with van der Waals surface area (Å²) in [7, 11) is 0. The van der Waals surface area contributed by atoms with Gasteiger partial charge in [-0.05, 0) is 6.07 Å². The second kappa shape index (κ2) is 6.54. The molecule has 1 aliphatic heterocycles. The van der Waals surface area contributed by atoms with E-state index in [1.165, 1.54) is 0 Å². The van der Waals surface area contributed by atoms with Gasteiger partial charge in [0.2, 0.25) is 0 Å². The average molecular weight is 236 g/mol. The first-order chi connectivity index (χ1) is 8.40. The predicted octanol–water partition coefficient (Wildman–Crippen LogP) is 0.284. The van der Waals surface area contributed by atoms with Gasteiger partial charge < -0.3 is 15.8 Å². The van der Waals surface area contributed by atoms with E-state index in [1.807, 2.05) is 12.1 Å². The van der Waals surface area contributed by atoms with E-state index in [-0.39, 0.29) is 0 Å². The quantitative estimate of drug-likeness (QED) is 0.769.